The summed E-state index contributed by atoms with van der Waals surface area (Å²) in [6.45, 7) is 6.83. The molecule has 5 nitrogen and oxygen atoms in total. The summed E-state index contributed by atoms with van der Waals surface area (Å²) in [7, 11) is 2.82. The van der Waals surface area contributed by atoms with Gasteiger partial charge in [0.1, 0.15) is 0 Å². The van der Waals surface area contributed by atoms with Gasteiger partial charge in [-0.15, -0.1) is 9.24 Å². The van der Waals surface area contributed by atoms with Gasteiger partial charge in [0.05, 0.1) is 13.3 Å². The molecule has 6 heteroatoms. The highest BCUT2D eigenvalue weighted by Crippen LogP contribution is 2.31. The molecule has 0 aliphatic carbocycles. The van der Waals surface area contributed by atoms with Gasteiger partial charge in [0.2, 0.25) is 11.8 Å². The van der Waals surface area contributed by atoms with Crippen molar-refractivity contribution in [3.8, 4) is 0 Å². The fourth-order valence-electron chi connectivity index (χ4n) is 2.50. The topological polar surface area (TPSA) is 43.9 Å². The van der Waals surface area contributed by atoms with Crippen LogP contribution in [-0.2, 0) is 9.59 Å². The molecule has 2 aliphatic rings. The zero-order valence-corrected chi connectivity index (χ0v) is 10.9. The van der Waals surface area contributed by atoms with Crippen LogP contribution in [0.5, 0.6) is 0 Å². The van der Waals surface area contributed by atoms with E-state index in [4.69, 9.17) is 0 Å². The van der Waals surface area contributed by atoms with E-state index in [-0.39, 0.29) is 17.0 Å². The Labute approximate surface area is 97.9 Å². The SMILES string of the molecule is CC(=O)N1CN2CN(C(C)=O)CC(P)(C2)C1. The summed E-state index contributed by atoms with van der Waals surface area (Å²) in [5.41, 5.74) is 0. The summed E-state index contributed by atoms with van der Waals surface area (Å²) in [5.74, 6) is 0.209. The van der Waals surface area contributed by atoms with E-state index in [0.717, 1.165) is 6.54 Å². The maximum absolute atomic E-state index is 11.4. The molecule has 2 saturated heterocycles. The maximum atomic E-state index is 11.4. The van der Waals surface area contributed by atoms with Crippen LogP contribution in [0.2, 0.25) is 0 Å². The third kappa shape index (κ3) is 2.20. The van der Waals surface area contributed by atoms with Gasteiger partial charge in [-0.25, -0.2) is 0 Å². The molecule has 0 N–H and O–H groups in total. The molecule has 2 amide bonds. The molecule has 2 bridgehead atoms. The number of amides is 2. The highest BCUT2D eigenvalue weighted by molar-refractivity contribution is 7.19. The van der Waals surface area contributed by atoms with Crippen molar-refractivity contribution in [1.82, 2.24) is 14.7 Å². The van der Waals surface area contributed by atoms with Crippen LogP contribution >= 0.6 is 9.24 Å². The van der Waals surface area contributed by atoms with E-state index >= 15 is 0 Å². The molecule has 0 radical (unpaired) electrons. The maximum Gasteiger partial charge on any atom is 0.220 e. The quantitative estimate of drug-likeness (QED) is 0.541. The largest absolute Gasteiger partial charge is 0.329 e. The van der Waals surface area contributed by atoms with Crippen LogP contribution in [0.15, 0.2) is 0 Å². The first-order valence-corrected chi connectivity index (χ1v) is 6.00. The molecule has 2 heterocycles. The first-order chi connectivity index (χ1) is 7.39. The van der Waals surface area contributed by atoms with E-state index in [1.165, 1.54) is 0 Å². The Balaban J connectivity index is 2.13. The number of carbonyl (C=O) groups is 2. The second-order valence-corrected chi connectivity index (χ2v) is 6.13. The van der Waals surface area contributed by atoms with Crippen molar-refractivity contribution in [2.24, 2.45) is 0 Å². The van der Waals surface area contributed by atoms with E-state index in [9.17, 15) is 9.59 Å². The highest BCUT2D eigenvalue weighted by Gasteiger charge is 2.42. The minimum atomic E-state index is -0.0617. The Hall–Kier alpha value is -0.670. The molecular formula is C10H18N3O2P. The molecule has 16 heavy (non-hydrogen) atoms. The van der Waals surface area contributed by atoms with Gasteiger partial charge >= 0.3 is 0 Å². The lowest BCUT2D eigenvalue weighted by atomic mass is 10.0. The number of rotatable bonds is 0. The Morgan fingerprint density at radius 3 is 1.75 bits per heavy atom. The average Bonchev–Trinajstić information content (AvgIpc) is 2.14. The van der Waals surface area contributed by atoms with Crippen molar-refractivity contribution in [3.63, 3.8) is 0 Å². The molecule has 0 spiro atoms. The minimum absolute atomic E-state index is 0.0617. The van der Waals surface area contributed by atoms with E-state index in [0.29, 0.717) is 26.4 Å². The van der Waals surface area contributed by atoms with Crippen molar-refractivity contribution >= 4 is 21.1 Å². The molecule has 0 aromatic heterocycles. The molecule has 2 fully saturated rings. The normalized spacial score (nSPS) is 33.8. The summed E-state index contributed by atoms with van der Waals surface area (Å²) < 4.78 is 0. The third-order valence-corrected chi connectivity index (χ3v) is 3.73. The Morgan fingerprint density at radius 2 is 1.44 bits per heavy atom. The van der Waals surface area contributed by atoms with E-state index < -0.39 is 0 Å². The lowest BCUT2D eigenvalue weighted by Gasteiger charge is -2.52. The molecule has 2 aliphatic heterocycles. The summed E-state index contributed by atoms with van der Waals surface area (Å²) in [5, 5.41) is -0.0617. The number of hydrogen-bond donors (Lipinski definition) is 0. The van der Waals surface area contributed by atoms with Crippen LogP contribution in [0.4, 0.5) is 0 Å². The number of hydrogen-bond acceptors (Lipinski definition) is 3. The standard InChI is InChI=1S/C10H18N3O2P/c1-8(14)12-4-10(16)3-11(6-12)7-13(5-10)9(2)15/h3-7,16H2,1-2H3. The van der Waals surface area contributed by atoms with Crippen LogP contribution in [-0.4, -0.2) is 64.6 Å². The Morgan fingerprint density at radius 1 is 1.00 bits per heavy atom. The average molecular weight is 243 g/mol. The Bertz CT molecular complexity index is 308. The van der Waals surface area contributed by atoms with Gasteiger partial charge in [0.25, 0.3) is 0 Å². The van der Waals surface area contributed by atoms with Crippen molar-refractivity contribution in [2.75, 3.05) is 33.0 Å². The summed E-state index contributed by atoms with van der Waals surface area (Å²) in [4.78, 5) is 28.6. The second kappa shape index (κ2) is 3.97. The van der Waals surface area contributed by atoms with E-state index in [1.54, 1.807) is 13.8 Å². The van der Waals surface area contributed by atoms with E-state index in [1.807, 2.05) is 9.80 Å². The number of fused-ring (bicyclic) bond motifs is 2. The zero-order valence-electron chi connectivity index (χ0n) is 9.77. The summed E-state index contributed by atoms with van der Waals surface area (Å²) in [6, 6.07) is 0. The molecule has 0 saturated carbocycles. The number of carbonyl (C=O) groups excluding carboxylic acids is 2. The fraction of sp³-hybridized carbons (Fsp3) is 0.800. The van der Waals surface area contributed by atoms with Gasteiger partial charge in [-0.2, -0.15) is 0 Å². The van der Waals surface area contributed by atoms with Crippen LogP contribution in [0, 0.1) is 0 Å². The molecule has 0 aromatic carbocycles. The molecule has 1 unspecified atom stereocenters. The molecule has 90 valence electrons. The van der Waals surface area contributed by atoms with Crippen LogP contribution in [0.25, 0.3) is 0 Å². The molecule has 1 atom stereocenters. The first kappa shape index (κ1) is 11.8. The predicted octanol–water partition coefficient (Wildman–Crippen LogP) is -0.459. The van der Waals surface area contributed by atoms with Crippen LogP contribution < -0.4 is 0 Å². The lowest BCUT2D eigenvalue weighted by molar-refractivity contribution is -0.143. The fourth-order valence-corrected chi connectivity index (χ4v) is 3.20. The molecule has 2 rings (SSSR count). The van der Waals surface area contributed by atoms with Crippen molar-refractivity contribution in [2.45, 2.75) is 19.0 Å². The monoisotopic (exact) mass is 243 g/mol. The minimum Gasteiger partial charge on any atom is -0.329 e. The van der Waals surface area contributed by atoms with Gasteiger partial charge in [-0.3, -0.25) is 14.5 Å². The van der Waals surface area contributed by atoms with Crippen molar-refractivity contribution in [1.29, 1.82) is 0 Å². The summed E-state index contributed by atoms with van der Waals surface area (Å²) in [6.07, 6.45) is 0. The van der Waals surface area contributed by atoms with Gasteiger partial charge in [0, 0.05) is 38.6 Å². The second-order valence-electron chi connectivity index (χ2n) is 4.91. The van der Waals surface area contributed by atoms with Gasteiger partial charge < -0.3 is 9.80 Å². The van der Waals surface area contributed by atoms with Gasteiger partial charge in [0.15, 0.2) is 0 Å². The van der Waals surface area contributed by atoms with Crippen molar-refractivity contribution in [3.05, 3.63) is 0 Å². The first-order valence-electron chi connectivity index (χ1n) is 5.42. The van der Waals surface area contributed by atoms with Crippen molar-refractivity contribution < 1.29 is 9.59 Å². The van der Waals surface area contributed by atoms with Gasteiger partial charge in [-0.05, 0) is 0 Å². The number of nitrogens with zero attached hydrogens (tertiary/aromatic N) is 3. The predicted molar refractivity (Wildman–Crippen MR) is 63.7 cm³/mol. The van der Waals surface area contributed by atoms with Crippen LogP contribution in [0.1, 0.15) is 13.8 Å². The zero-order chi connectivity index (χ0) is 11.9. The van der Waals surface area contributed by atoms with Gasteiger partial charge in [-0.1, -0.05) is 0 Å². The molecular weight excluding hydrogens is 225 g/mol. The summed E-state index contributed by atoms with van der Waals surface area (Å²) >= 11 is 0. The molecule has 0 aromatic rings. The van der Waals surface area contributed by atoms with E-state index in [2.05, 4.69) is 14.1 Å². The smallest absolute Gasteiger partial charge is 0.220 e. The Kier molecular flexibility index (Phi) is 2.93. The highest BCUT2D eigenvalue weighted by atomic mass is 31.0. The van der Waals surface area contributed by atoms with Crippen LogP contribution in [0.3, 0.4) is 0 Å². The third-order valence-electron chi connectivity index (χ3n) is 3.18. The lowest BCUT2D eigenvalue weighted by Crippen LogP contribution is -2.67.